The van der Waals surface area contributed by atoms with Gasteiger partial charge in [0.25, 0.3) is 5.91 Å². The Balaban J connectivity index is 2.21. The van der Waals surface area contributed by atoms with E-state index in [-0.39, 0.29) is 5.91 Å². The normalized spacial score (nSPS) is 10.3. The van der Waals surface area contributed by atoms with Crippen molar-refractivity contribution < 1.29 is 4.79 Å². The van der Waals surface area contributed by atoms with E-state index < -0.39 is 0 Å². The van der Waals surface area contributed by atoms with Crippen molar-refractivity contribution in [2.24, 2.45) is 0 Å². The summed E-state index contributed by atoms with van der Waals surface area (Å²) in [7, 11) is 0. The summed E-state index contributed by atoms with van der Waals surface area (Å²) >= 11 is 12.0. The monoisotopic (exact) mass is 307 g/mol. The number of carbonyl (C=O) groups is 1. The molecule has 0 heterocycles. The summed E-state index contributed by atoms with van der Waals surface area (Å²) in [5.74, 6) is -0.0852. The van der Waals surface area contributed by atoms with Crippen LogP contribution in [0.1, 0.15) is 22.8 Å². The molecule has 1 amide bonds. The van der Waals surface area contributed by atoms with E-state index in [2.05, 4.69) is 0 Å². The van der Waals surface area contributed by atoms with E-state index in [0.29, 0.717) is 28.7 Å². The Labute approximate surface area is 128 Å². The third kappa shape index (κ3) is 3.53. The number of rotatable bonds is 4. The minimum Gasteiger partial charge on any atom is -0.335 e. The molecule has 4 heteroatoms. The molecule has 2 aromatic rings. The van der Waals surface area contributed by atoms with Crippen LogP contribution in [-0.2, 0) is 6.54 Å². The molecular weight excluding hydrogens is 293 g/mol. The fourth-order valence-electron chi connectivity index (χ4n) is 1.96. The molecule has 0 radical (unpaired) electrons. The first-order chi connectivity index (χ1) is 9.61. The van der Waals surface area contributed by atoms with Gasteiger partial charge in [0, 0.05) is 18.1 Å². The topological polar surface area (TPSA) is 20.3 Å². The molecule has 0 fully saturated rings. The zero-order chi connectivity index (χ0) is 14.5. The predicted octanol–water partition coefficient (Wildman–Crippen LogP) is 4.66. The summed E-state index contributed by atoms with van der Waals surface area (Å²) in [6.45, 7) is 3.13. The number of hydrogen-bond acceptors (Lipinski definition) is 1. The summed E-state index contributed by atoms with van der Waals surface area (Å²) < 4.78 is 0. The summed E-state index contributed by atoms with van der Waals surface area (Å²) in [5.41, 5.74) is 1.57. The molecule has 2 rings (SSSR count). The van der Waals surface area contributed by atoms with Gasteiger partial charge in [0.15, 0.2) is 0 Å². The van der Waals surface area contributed by atoms with Gasteiger partial charge in [0.2, 0.25) is 0 Å². The Bertz CT molecular complexity index is 599. The molecule has 0 bridgehead atoms. The van der Waals surface area contributed by atoms with Gasteiger partial charge < -0.3 is 4.90 Å². The molecule has 2 aromatic carbocycles. The van der Waals surface area contributed by atoms with Crippen molar-refractivity contribution in [2.75, 3.05) is 6.54 Å². The minimum atomic E-state index is -0.0852. The summed E-state index contributed by atoms with van der Waals surface area (Å²) in [4.78, 5) is 14.3. The van der Waals surface area contributed by atoms with Crippen LogP contribution < -0.4 is 0 Å². The van der Waals surface area contributed by atoms with Gasteiger partial charge in [-0.15, -0.1) is 0 Å². The van der Waals surface area contributed by atoms with Gasteiger partial charge in [0.05, 0.1) is 10.6 Å². The molecule has 0 N–H and O–H groups in total. The Morgan fingerprint density at radius 3 is 2.40 bits per heavy atom. The van der Waals surface area contributed by atoms with Gasteiger partial charge in [-0.05, 0) is 30.7 Å². The van der Waals surface area contributed by atoms with Crippen molar-refractivity contribution in [3.8, 4) is 0 Å². The molecule has 0 spiro atoms. The van der Waals surface area contributed by atoms with Crippen molar-refractivity contribution in [1.82, 2.24) is 4.90 Å². The lowest BCUT2D eigenvalue weighted by Crippen LogP contribution is -2.30. The van der Waals surface area contributed by atoms with Gasteiger partial charge >= 0.3 is 0 Å². The molecule has 0 aliphatic heterocycles. The average Bonchev–Trinajstić information content (AvgIpc) is 2.45. The highest BCUT2D eigenvalue weighted by Crippen LogP contribution is 2.22. The SMILES string of the molecule is CCN(Cc1ccccc1)C(=O)c1ccc(Cl)cc1Cl. The van der Waals surface area contributed by atoms with Crippen LogP contribution in [0.3, 0.4) is 0 Å². The number of halogens is 2. The maximum atomic E-state index is 12.5. The Morgan fingerprint density at radius 2 is 1.80 bits per heavy atom. The highest BCUT2D eigenvalue weighted by molar-refractivity contribution is 6.36. The van der Waals surface area contributed by atoms with Gasteiger partial charge in [-0.25, -0.2) is 0 Å². The van der Waals surface area contributed by atoms with Crippen LogP contribution >= 0.6 is 23.2 Å². The molecular formula is C16H15Cl2NO. The van der Waals surface area contributed by atoms with Gasteiger partial charge in [-0.2, -0.15) is 0 Å². The van der Waals surface area contributed by atoms with Crippen LogP contribution in [0.4, 0.5) is 0 Å². The van der Waals surface area contributed by atoms with E-state index in [9.17, 15) is 4.79 Å². The third-order valence-corrected chi connectivity index (χ3v) is 3.59. The Morgan fingerprint density at radius 1 is 1.10 bits per heavy atom. The Kier molecular flexibility index (Phi) is 5.05. The largest absolute Gasteiger partial charge is 0.335 e. The van der Waals surface area contributed by atoms with Crippen molar-refractivity contribution in [1.29, 1.82) is 0 Å². The lowest BCUT2D eigenvalue weighted by atomic mass is 10.1. The van der Waals surface area contributed by atoms with Crippen molar-refractivity contribution in [3.63, 3.8) is 0 Å². The molecule has 104 valence electrons. The molecule has 0 atom stereocenters. The van der Waals surface area contributed by atoms with Crippen LogP contribution in [0.2, 0.25) is 10.0 Å². The molecule has 20 heavy (non-hydrogen) atoms. The minimum absolute atomic E-state index is 0.0852. The van der Waals surface area contributed by atoms with Crippen molar-refractivity contribution in [3.05, 3.63) is 69.7 Å². The number of benzene rings is 2. The lowest BCUT2D eigenvalue weighted by molar-refractivity contribution is 0.0753. The van der Waals surface area contributed by atoms with E-state index in [1.54, 1.807) is 23.1 Å². The van der Waals surface area contributed by atoms with Crippen LogP contribution in [0.25, 0.3) is 0 Å². The van der Waals surface area contributed by atoms with Crippen LogP contribution in [0.5, 0.6) is 0 Å². The fourth-order valence-corrected chi connectivity index (χ4v) is 2.45. The first-order valence-electron chi connectivity index (χ1n) is 6.40. The van der Waals surface area contributed by atoms with Crippen molar-refractivity contribution in [2.45, 2.75) is 13.5 Å². The Hall–Kier alpha value is -1.51. The van der Waals surface area contributed by atoms with E-state index in [0.717, 1.165) is 5.56 Å². The zero-order valence-corrected chi connectivity index (χ0v) is 12.7. The van der Waals surface area contributed by atoms with Crippen LogP contribution in [0, 0.1) is 0 Å². The maximum Gasteiger partial charge on any atom is 0.255 e. The predicted molar refractivity (Wildman–Crippen MR) is 83.3 cm³/mol. The third-order valence-electron chi connectivity index (χ3n) is 3.05. The highest BCUT2D eigenvalue weighted by Gasteiger charge is 2.17. The zero-order valence-electron chi connectivity index (χ0n) is 11.1. The lowest BCUT2D eigenvalue weighted by Gasteiger charge is -2.21. The average molecular weight is 308 g/mol. The molecule has 0 aromatic heterocycles. The highest BCUT2D eigenvalue weighted by atomic mass is 35.5. The number of nitrogens with zero attached hydrogens (tertiary/aromatic N) is 1. The van der Waals surface area contributed by atoms with Crippen molar-refractivity contribution >= 4 is 29.1 Å². The van der Waals surface area contributed by atoms with E-state index in [1.165, 1.54) is 0 Å². The van der Waals surface area contributed by atoms with Crippen LogP contribution in [0.15, 0.2) is 48.5 Å². The quantitative estimate of drug-likeness (QED) is 0.804. The molecule has 0 aliphatic rings. The number of carbonyl (C=O) groups excluding carboxylic acids is 1. The van der Waals surface area contributed by atoms with E-state index in [1.807, 2.05) is 37.3 Å². The number of hydrogen-bond donors (Lipinski definition) is 0. The van der Waals surface area contributed by atoms with Gasteiger partial charge in [-0.3, -0.25) is 4.79 Å². The molecule has 2 nitrogen and oxygen atoms in total. The second-order valence-electron chi connectivity index (χ2n) is 4.43. The van der Waals surface area contributed by atoms with E-state index >= 15 is 0 Å². The summed E-state index contributed by atoms with van der Waals surface area (Å²) in [5, 5.41) is 0.909. The first kappa shape index (κ1) is 14.9. The van der Waals surface area contributed by atoms with Gasteiger partial charge in [0.1, 0.15) is 0 Å². The molecule has 0 aliphatic carbocycles. The van der Waals surface area contributed by atoms with E-state index in [4.69, 9.17) is 23.2 Å². The van der Waals surface area contributed by atoms with Crippen LogP contribution in [-0.4, -0.2) is 17.4 Å². The molecule has 0 saturated heterocycles. The summed E-state index contributed by atoms with van der Waals surface area (Å²) in [6.07, 6.45) is 0. The second-order valence-corrected chi connectivity index (χ2v) is 5.27. The fraction of sp³-hybridized carbons (Fsp3) is 0.188. The van der Waals surface area contributed by atoms with Gasteiger partial charge in [-0.1, -0.05) is 53.5 Å². The molecule has 0 saturated carbocycles. The summed E-state index contributed by atoms with van der Waals surface area (Å²) in [6, 6.07) is 14.8. The first-order valence-corrected chi connectivity index (χ1v) is 7.15. The molecule has 0 unspecified atom stereocenters. The maximum absolute atomic E-state index is 12.5. The number of amides is 1. The standard InChI is InChI=1S/C16H15Cl2NO/c1-2-19(11-12-6-4-3-5-7-12)16(20)14-9-8-13(17)10-15(14)18/h3-10H,2,11H2,1H3. The smallest absolute Gasteiger partial charge is 0.255 e. The second kappa shape index (κ2) is 6.78.